The molecule has 3 rings (SSSR count). The number of aromatic nitrogens is 3. The van der Waals surface area contributed by atoms with Crippen molar-refractivity contribution < 1.29 is 0 Å². The molecule has 0 aliphatic heterocycles. The average molecular weight is 197 g/mol. The van der Waals surface area contributed by atoms with Gasteiger partial charge >= 0.3 is 0 Å². The molecule has 2 heterocycles. The Morgan fingerprint density at radius 2 is 2.13 bits per heavy atom. The fourth-order valence-corrected chi connectivity index (χ4v) is 1.81. The van der Waals surface area contributed by atoms with E-state index >= 15 is 0 Å². The molecule has 3 nitrogen and oxygen atoms in total. The average Bonchev–Trinajstić information content (AvgIpc) is 2.82. The summed E-state index contributed by atoms with van der Waals surface area (Å²) in [6.07, 6.45) is 1.93. The van der Waals surface area contributed by atoms with Gasteiger partial charge in [0.25, 0.3) is 0 Å². The molecule has 0 aliphatic carbocycles. The molecule has 0 unspecified atom stereocenters. The van der Waals surface area contributed by atoms with Gasteiger partial charge in [-0.3, -0.25) is 0 Å². The van der Waals surface area contributed by atoms with Gasteiger partial charge in [-0.25, -0.2) is 4.98 Å². The molecule has 0 spiro atoms. The molecule has 0 saturated heterocycles. The summed E-state index contributed by atoms with van der Waals surface area (Å²) in [5.41, 5.74) is 4.41. The number of nitrogens with zero attached hydrogens (tertiary/aromatic N) is 1. The van der Waals surface area contributed by atoms with Crippen LogP contribution in [0.4, 0.5) is 0 Å². The monoisotopic (exact) mass is 197 g/mol. The van der Waals surface area contributed by atoms with Crippen molar-refractivity contribution in [2.24, 2.45) is 0 Å². The van der Waals surface area contributed by atoms with Gasteiger partial charge in [0.1, 0.15) is 5.82 Å². The van der Waals surface area contributed by atoms with E-state index in [2.05, 4.69) is 33.2 Å². The Bertz CT molecular complexity index is 590. The van der Waals surface area contributed by atoms with Crippen molar-refractivity contribution in [2.75, 3.05) is 0 Å². The number of hydrogen-bond acceptors (Lipinski definition) is 1. The highest BCUT2D eigenvalue weighted by Gasteiger charge is 2.02. The van der Waals surface area contributed by atoms with Gasteiger partial charge in [-0.15, -0.1) is 0 Å². The number of rotatable bonds is 1. The maximum Gasteiger partial charge on any atom is 0.104 e. The van der Waals surface area contributed by atoms with Crippen LogP contribution in [0.2, 0.25) is 0 Å². The summed E-state index contributed by atoms with van der Waals surface area (Å²) in [6.45, 7) is 1.97. The highest BCUT2D eigenvalue weighted by atomic mass is 14.9. The standard InChI is InChI=1S/C12H11N3/c1-8-14-11-5-4-9(7-12(11)15-8)10-3-2-6-13-10/h2-7,13H,1H3,(H,14,15). The maximum atomic E-state index is 4.37. The molecular weight excluding hydrogens is 186 g/mol. The zero-order valence-electron chi connectivity index (χ0n) is 8.41. The van der Waals surface area contributed by atoms with Crippen LogP contribution in [0.15, 0.2) is 36.5 Å². The lowest BCUT2D eigenvalue weighted by Crippen LogP contribution is -1.77. The Hall–Kier alpha value is -2.03. The van der Waals surface area contributed by atoms with Crippen LogP contribution in [0.5, 0.6) is 0 Å². The minimum Gasteiger partial charge on any atom is -0.361 e. The number of H-pyrrole nitrogens is 2. The third kappa shape index (κ3) is 1.32. The summed E-state index contributed by atoms with van der Waals surface area (Å²) in [5, 5.41) is 0. The van der Waals surface area contributed by atoms with Crippen molar-refractivity contribution >= 4 is 11.0 Å². The van der Waals surface area contributed by atoms with Crippen LogP contribution in [0.1, 0.15) is 5.82 Å². The SMILES string of the molecule is Cc1nc2ccc(-c3ccc[nH]3)cc2[nH]1. The first-order chi connectivity index (χ1) is 7.33. The Balaban J connectivity index is 2.21. The molecule has 74 valence electrons. The second-order valence-electron chi connectivity index (χ2n) is 3.64. The summed E-state index contributed by atoms with van der Waals surface area (Å²) >= 11 is 0. The molecule has 0 fully saturated rings. The van der Waals surface area contributed by atoms with Crippen molar-refractivity contribution in [1.82, 2.24) is 15.0 Å². The number of benzene rings is 1. The van der Waals surface area contributed by atoms with Gasteiger partial charge in [-0.1, -0.05) is 6.07 Å². The van der Waals surface area contributed by atoms with E-state index < -0.39 is 0 Å². The predicted molar refractivity (Wildman–Crippen MR) is 60.6 cm³/mol. The van der Waals surface area contributed by atoms with Gasteiger partial charge in [-0.2, -0.15) is 0 Å². The molecule has 0 saturated carbocycles. The molecular formula is C12H11N3. The van der Waals surface area contributed by atoms with E-state index in [0.29, 0.717) is 0 Å². The van der Waals surface area contributed by atoms with Gasteiger partial charge in [0.05, 0.1) is 11.0 Å². The Labute approximate surface area is 87.2 Å². The highest BCUT2D eigenvalue weighted by Crippen LogP contribution is 2.21. The molecule has 0 bridgehead atoms. The summed E-state index contributed by atoms with van der Waals surface area (Å²) in [7, 11) is 0. The Morgan fingerprint density at radius 3 is 2.93 bits per heavy atom. The molecule has 0 aliphatic rings. The smallest absolute Gasteiger partial charge is 0.104 e. The first-order valence-corrected chi connectivity index (χ1v) is 4.93. The Morgan fingerprint density at radius 1 is 1.20 bits per heavy atom. The molecule has 0 atom stereocenters. The van der Waals surface area contributed by atoms with E-state index in [1.165, 1.54) is 5.56 Å². The zero-order valence-corrected chi connectivity index (χ0v) is 8.41. The zero-order chi connectivity index (χ0) is 10.3. The fourth-order valence-electron chi connectivity index (χ4n) is 1.81. The topological polar surface area (TPSA) is 44.5 Å². The van der Waals surface area contributed by atoms with Gasteiger partial charge in [0, 0.05) is 17.5 Å². The van der Waals surface area contributed by atoms with Gasteiger partial charge < -0.3 is 9.97 Å². The largest absolute Gasteiger partial charge is 0.361 e. The second-order valence-corrected chi connectivity index (χ2v) is 3.64. The summed E-state index contributed by atoms with van der Waals surface area (Å²) in [4.78, 5) is 10.8. The number of imidazole rings is 1. The Kier molecular flexibility index (Phi) is 1.65. The lowest BCUT2D eigenvalue weighted by atomic mass is 10.1. The van der Waals surface area contributed by atoms with E-state index in [-0.39, 0.29) is 0 Å². The summed E-state index contributed by atoms with van der Waals surface area (Å²) in [6, 6.07) is 10.3. The van der Waals surface area contributed by atoms with Crippen molar-refractivity contribution in [3.63, 3.8) is 0 Å². The van der Waals surface area contributed by atoms with Crippen LogP contribution in [-0.4, -0.2) is 15.0 Å². The number of fused-ring (bicyclic) bond motifs is 1. The van der Waals surface area contributed by atoms with Crippen LogP contribution in [0.3, 0.4) is 0 Å². The van der Waals surface area contributed by atoms with Gasteiger partial charge in [0.15, 0.2) is 0 Å². The summed E-state index contributed by atoms with van der Waals surface area (Å²) < 4.78 is 0. The molecule has 1 aromatic carbocycles. The van der Waals surface area contributed by atoms with Crippen molar-refractivity contribution in [1.29, 1.82) is 0 Å². The van der Waals surface area contributed by atoms with Crippen LogP contribution in [-0.2, 0) is 0 Å². The first-order valence-electron chi connectivity index (χ1n) is 4.93. The van der Waals surface area contributed by atoms with E-state index in [4.69, 9.17) is 0 Å². The molecule has 2 N–H and O–H groups in total. The maximum absolute atomic E-state index is 4.37. The molecule has 15 heavy (non-hydrogen) atoms. The van der Waals surface area contributed by atoms with E-state index in [1.807, 2.05) is 25.3 Å². The lowest BCUT2D eigenvalue weighted by molar-refractivity contribution is 1.17. The van der Waals surface area contributed by atoms with Crippen LogP contribution in [0, 0.1) is 6.92 Å². The first kappa shape index (κ1) is 8.29. The van der Waals surface area contributed by atoms with Crippen molar-refractivity contribution in [3.8, 4) is 11.3 Å². The quantitative estimate of drug-likeness (QED) is 0.619. The molecule has 3 heteroatoms. The van der Waals surface area contributed by atoms with Gasteiger partial charge in [-0.05, 0) is 31.2 Å². The number of nitrogens with one attached hydrogen (secondary N) is 2. The minimum atomic E-state index is 0.952. The van der Waals surface area contributed by atoms with Crippen LogP contribution >= 0.6 is 0 Å². The van der Waals surface area contributed by atoms with E-state index in [9.17, 15) is 0 Å². The molecule has 0 amide bonds. The van der Waals surface area contributed by atoms with E-state index in [1.54, 1.807) is 0 Å². The molecule has 3 aromatic rings. The third-order valence-electron chi connectivity index (χ3n) is 2.51. The van der Waals surface area contributed by atoms with Crippen LogP contribution < -0.4 is 0 Å². The third-order valence-corrected chi connectivity index (χ3v) is 2.51. The minimum absolute atomic E-state index is 0.952. The van der Waals surface area contributed by atoms with Crippen molar-refractivity contribution in [2.45, 2.75) is 6.92 Å². The molecule has 0 radical (unpaired) electrons. The molecule has 2 aromatic heterocycles. The van der Waals surface area contributed by atoms with Crippen molar-refractivity contribution in [3.05, 3.63) is 42.4 Å². The lowest BCUT2D eigenvalue weighted by Gasteiger charge is -1.97. The highest BCUT2D eigenvalue weighted by molar-refractivity contribution is 5.81. The second kappa shape index (κ2) is 2.98. The fraction of sp³-hybridized carbons (Fsp3) is 0.0833. The number of hydrogen-bond donors (Lipinski definition) is 2. The van der Waals surface area contributed by atoms with Gasteiger partial charge in [0.2, 0.25) is 0 Å². The van der Waals surface area contributed by atoms with Crippen LogP contribution in [0.25, 0.3) is 22.3 Å². The summed E-state index contributed by atoms with van der Waals surface area (Å²) in [5.74, 6) is 0.952. The normalized spacial score (nSPS) is 11.0. The predicted octanol–water partition coefficient (Wildman–Crippen LogP) is 2.87. The number of aromatic amines is 2. The number of aryl methyl sites for hydroxylation is 1. The van der Waals surface area contributed by atoms with E-state index in [0.717, 1.165) is 22.6 Å².